The molecule has 0 bridgehead atoms. The second-order valence-electron chi connectivity index (χ2n) is 5.38. The molecule has 0 aliphatic carbocycles. The highest BCUT2D eigenvalue weighted by Gasteiger charge is 2.21. The maximum Gasteiger partial charge on any atom is 0.273 e. The molecule has 0 radical (unpaired) electrons. The lowest BCUT2D eigenvalue weighted by Gasteiger charge is -2.31. The van der Waals surface area contributed by atoms with Gasteiger partial charge in [-0.25, -0.2) is 4.98 Å². The zero-order chi connectivity index (χ0) is 13.8. The summed E-state index contributed by atoms with van der Waals surface area (Å²) in [7, 11) is 0. The van der Waals surface area contributed by atoms with Crippen LogP contribution in [0.4, 0.5) is 0 Å². The normalized spacial score (nSPS) is 17.2. The van der Waals surface area contributed by atoms with Crippen molar-refractivity contribution < 1.29 is 4.74 Å². The van der Waals surface area contributed by atoms with E-state index < -0.39 is 0 Å². The van der Waals surface area contributed by atoms with Gasteiger partial charge in [-0.2, -0.15) is 0 Å². The first-order valence-corrected chi connectivity index (χ1v) is 8.01. The molecule has 2 heterocycles. The molecule has 0 amide bonds. The fraction of sp³-hybridized carbons (Fsp3) is 0.438. The number of likely N-dealkylation sites (tertiary alicyclic amines) is 1. The molecule has 0 saturated carbocycles. The molecule has 20 heavy (non-hydrogen) atoms. The second-order valence-corrected chi connectivity index (χ2v) is 6.24. The SMILES string of the molecule is Cc1cccc(CN2CCC(Oc3nccs3)CC2)c1. The van der Waals surface area contributed by atoms with Gasteiger partial charge in [0.25, 0.3) is 5.19 Å². The van der Waals surface area contributed by atoms with Crippen LogP contribution in [0.25, 0.3) is 0 Å². The molecule has 0 atom stereocenters. The molecular formula is C16H20N2OS. The predicted octanol–water partition coefficient (Wildman–Crippen LogP) is 3.49. The van der Waals surface area contributed by atoms with Gasteiger partial charge < -0.3 is 4.74 Å². The van der Waals surface area contributed by atoms with E-state index in [0.29, 0.717) is 6.10 Å². The maximum atomic E-state index is 5.89. The molecule has 0 unspecified atom stereocenters. The summed E-state index contributed by atoms with van der Waals surface area (Å²) in [4.78, 5) is 6.70. The van der Waals surface area contributed by atoms with Crippen molar-refractivity contribution in [1.82, 2.24) is 9.88 Å². The Balaban J connectivity index is 1.48. The van der Waals surface area contributed by atoms with Gasteiger partial charge in [-0.3, -0.25) is 4.90 Å². The van der Waals surface area contributed by atoms with Gasteiger partial charge in [0.1, 0.15) is 6.10 Å². The Kier molecular flexibility index (Phi) is 4.33. The summed E-state index contributed by atoms with van der Waals surface area (Å²) in [6.07, 6.45) is 4.30. The van der Waals surface area contributed by atoms with Crippen molar-refractivity contribution in [2.24, 2.45) is 0 Å². The number of ether oxygens (including phenoxy) is 1. The highest BCUT2D eigenvalue weighted by Crippen LogP contribution is 2.21. The third kappa shape index (κ3) is 3.58. The fourth-order valence-corrected chi connectivity index (χ4v) is 3.22. The third-order valence-corrected chi connectivity index (χ3v) is 4.36. The molecule has 0 spiro atoms. The number of hydrogen-bond donors (Lipinski definition) is 0. The Hall–Kier alpha value is -1.39. The van der Waals surface area contributed by atoms with Gasteiger partial charge >= 0.3 is 0 Å². The monoisotopic (exact) mass is 288 g/mol. The highest BCUT2D eigenvalue weighted by molar-refractivity contribution is 7.11. The van der Waals surface area contributed by atoms with Gasteiger partial charge in [-0.15, -0.1) is 0 Å². The Bertz CT molecular complexity index is 533. The Morgan fingerprint density at radius 3 is 2.90 bits per heavy atom. The first kappa shape index (κ1) is 13.6. The number of nitrogens with zero attached hydrogens (tertiary/aromatic N) is 2. The summed E-state index contributed by atoms with van der Waals surface area (Å²) < 4.78 is 5.89. The summed E-state index contributed by atoms with van der Waals surface area (Å²) in [6.45, 7) is 5.40. The number of benzene rings is 1. The van der Waals surface area contributed by atoms with Crippen LogP contribution < -0.4 is 4.74 Å². The van der Waals surface area contributed by atoms with Crippen molar-refractivity contribution in [3.05, 3.63) is 47.0 Å². The number of aromatic nitrogens is 1. The van der Waals surface area contributed by atoms with Crippen LogP contribution in [-0.2, 0) is 6.54 Å². The molecule has 1 fully saturated rings. The van der Waals surface area contributed by atoms with Crippen molar-refractivity contribution in [3.8, 4) is 5.19 Å². The van der Waals surface area contributed by atoms with E-state index in [0.717, 1.165) is 37.7 Å². The molecule has 1 saturated heterocycles. The molecule has 4 heteroatoms. The van der Waals surface area contributed by atoms with Gasteiger partial charge in [0.15, 0.2) is 0 Å². The van der Waals surface area contributed by atoms with Crippen molar-refractivity contribution in [3.63, 3.8) is 0 Å². The predicted molar refractivity (Wildman–Crippen MR) is 82.2 cm³/mol. The lowest BCUT2D eigenvalue weighted by molar-refractivity contribution is 0.0965. The van der Waals surface area contributed by atoms with E-state index in [2.05, 4.69) is 41.1 Å². The molecule has 1 aliphatic rings. The summed E-state index contributed by atoms with van der Waals surface area (Å²) in [5, 5.41) is 2.77. The smallest absolute Gasteiger partial charge is 0.273 e. The van der Waals surface area contributed by atoms with Crippen LogP contribution in [0.3, 0.4) is 0 Å². The minimum Gasteiger partial charge on any atom is -0.467 e. The third-order valence-electron chi connectivity index (χ3n) is 3.70. The summed E-state index contributed by atoms with van der Waals surface area (Å²) in [5.74, 6) is 0. The Morgan fingerprint density at radius 1 is 1.35 bits per heavy atom. The van der Waals surface area contributed by atoms with E-state index in [1.54, 1.807) is 17.5 Å². The average Bonchev–Trinajstić information content (AvgIpc) is 2.94. The standard InChI is InChI=1S/C16H20N2OS/c1-13-3-2-4-14(11-13)12-18-8-5-15(6-9-18)19-16-17-7-10-20-16/h2-4,7,10-11,15H,5-6,8-9,12H2,1H3. The zero-order valence-electron chi connectivity index (χ0n) is 11.8. The maximum absolute atomic E-state index is 5.89. The molecule has 1 aromatic heterocycles. The molecule has 106 valence electrons. The summed E-state index contributed by atoms with van der Waals surface area (Å²) in [5.41, 5.74) is 2.74. The average molecular weight is 288 g/mol. The number of aryl methyl sites for hydroxylation is 1. The molecule has 3 rings (SSSR count). The molecule has 1 aromatic carbocycles. The zero-order valence-corrected chi connectivity index (χ0v) is 12.6. The minimum atomic E-state index is 0.329. The van der Waals surface area contributed by atoms with E-state index >= 15 is 0 Å². The van der Waals surface area contributed by atoms with E-state index in [1.807, 2.05) is 5.38 Å². The van der Waals surface area contributed by atoms with Crippen LogP contribution in [-0.4, -0.2) is 29.1 Å². The van der Waals surface area contributed by atoms with Crippen molar-refractivity contribution in [2.45, 2.75) is 32.4 Å². The summed E-state index contributed by atoms with van der Waals surface area (Å²) >= 11 is 1.57. The Morgan fingerprint density at radius 2 is 2.20 bits per heavy atom. The Labute approximate surface area is 124 Å². The lowest BCUT2D eigenvalue weighted by Crippen LogP contribution is -2.37. The first-order valence-electron chi connectivity index (χ1n) is 7.13. The number of hydrogen-bond acceptors (Lipinski definition) is 4. The molecular weight excluding hydrogens is 268 g/mol. The van der Waals surface area contributed by atoms with Gasteiger partial charge in [-0.05, 0) is 25.3 Å². The van der Waals surface area contributed by atoms with Crippen LogP contribution in [0.1, 0.15) is 24.0 Å². The second kappa shape index (κ2) is 6.37. The number of piperidine rings is 1. The van der Waals surface area contributed by atoms with Crippen LogP contribution in [0.5, 0.6) is 5.19 Å². The quantitative estimate of drug-likeness (QED) is 0.861. The van der Waals surface area contributed by atoms with Crippen molar-refractivity contribution in [2.75, 3.05) is 13.1 Å². The molecule has 3 nitrogen and oxygen atoms in total. The van der Waals surface area contributed by atoms with Crippen LogP contribution in [0.15, 0.2) is 35.8 Å². The molecule has 1 aliphatic heterocycles. The van der Waals surface area contributed by atoms with E-state index in [-0.39, 0.29) is 0 Å². The number of rotatable bonds is 4. The van der Waals surface area contributed by atoms with E-state index in [9.17, 15) is 0 Å². The van der Waals surface area contributed by atoms with Crippen LogP contribution in [0, 0.1) is 6.92 Å². The number of thiazole rings is 1. The van der Waals surface area contributed by atoms with Gasteiger partial charge in [0.05, 0.1) is 0 Å². The topological polar surface area (TPSA) is 25.4 Å². The summed E-state index contributed by atoms with van der Waals surface area (Å²) in [6, 6.07) is 8.78. The molecule has 0 N–H and O–H groups in total. The van der Waals surface area contributed by atoms with Crippen molar-refractivity contribution >= 4 is 11.3 Å². The fourth-order valence-electron chi connectivity index (χ4n) is 2.67. The van der Waals surface area contributed by atoms with Gasteiger partial charge in [-0.1, -0.05) is 41.2 Å². The van der Waals surface area contributed by atoms with Gasteiger partial charge in [0.2, 0.25) is 0 Å². The van der Waals surface area contributed by atoms with Crippen LogP contribution >= 0.6 is 11.3 Å². The highest BCUT2D eigenvalue weighted by atomic mass is 32.1. The van der Waals surface area contributed by atoms with E-state index in [1.165, 1.54) is 11.1 Å². The molecule has 2 aromatic rings. The van der Waals surface area contributed by atoms with Crippen LogP contribution in [0.2, 0.25) is 0 Å². The first-order chi connectivity index (χ1) is 9.79. The minimum absolute atomic E-state index is 0.329. The van der Waals surface area contributed by atoms with Gasteiger partial charge in [0, 0.05) is 31.2 Å². The lowest BCUT2D eigenvalue weighted by atomic mass is 10.1. The van der Waals surface area contributed by atoms with E-state index in [4.69, 9.17) is 4.74 Å². The largest absolute Gasteiger partial charge is 0.467 e. The van der Waals surface area contributed by atoms with Crippen molar-refractivity contribution in [1.29, 1.82) is 0 Å².